The van der Waals surface area contributed by atoms with E-state index in [2.05, 4.69) is 40.9 Å². The third-order valence-electron chi connectivity index (χ3n) is 6.82. The molecule has 5 aromatic heterocycles. The molecule has 0 bridgehead atoms. The summed E-state index contributed by atoms with van der Waals surface area (Å²) in [6.07, 6.45) is 7.99. The number of nitrogens with one attached hydrogen (secondary N) is 2. The second kappa shape index (κ2) is 14.3. The van der Waals surface area contributed by atoms with E-state index in [4.69, 9.17) is 41.7 Å². The van der Waals surface area contributed by atoms with Gasteiger partial charge in [-0.3, -0.25) is 4.98 Å². The number of nitrogens with zero attached hydrogens (tertiary/aromatic N) is 6. The third-order valence-corrected chi connectivity index (χ3v) is 7.41. The lowest BCUT2D eigenvalue weighted by Crippen LogP contribution is -1.93. The molecule has 242 valence electrons. The summed E-state index contributed by atoms with van der Waals surface area (Å²) in [4.78, 5) is 16.5. The van der Waals surface area contributed by atoms with E-state index in [1.54, 1.807) is 67.3 Å². The van der Waals surface area contributed by atoms with E-state index in [0.717, 1.165) is 22.7 Å². The van der Waals surface area contributed by atoms with Crippen molar-refractivity contribution in [3.8, 4) is 23.1 Å². The number of halogens is 2. The van der Waals surface area contributed by atoms with Gasteiger partial charge in [-0.1, -0.05) is 45.6 Å². The van der Waals surface area contributed by atoms with Gasteiger partial charge in [-0.2, -0.15) is 0 Å². The fourth-order valence-corrected chi connectivity index (χ4v) is 5.02. The zero-order chi connectivity index (χ0) is 33.6. The van der Waals surface area contributed by atoms with Crippen molar-refractivity contribution in [1.82, 2.24) is 30.2 Å². The Hall–Kier alpha value is -6.24. The Morgan fingerprint density at radius 2 is 1.22 bits per heavy atom. The summed E-state index contributed by atoms with van der Waals surface area (Å²) in [5, 5.41) is 15.2. The molecule has 0 saturated carbocycles. The Kier molecular flexibility index (Phi) is 9.13. The van der Waals surface area contributed by atoms with Gasteiger partial charge >= 0.3 is 0 Å². The normalized spacial score (nSPS) is 10.8. The van der Waals surface area contributed by atoms with Crippen molar-refractivity contribution >= 4 is 68.4 Å². The number of ether oxygens (including phenoxy) is 2. The van der Waals surface area contributed by atoms with Crippen molar-refractivity contribution in [2.45, 2.75) is 6.92 Å². The SMILES string of the molecule is Cc1cccc(Oc2ccc(Nc3noc4cccnc34)cc2Cl)c1.Clc1cc(Nc2noc3cccnc23)ccc1Oc1cnccn1. The molecule has 14 heteroatoms. The van der Waals surface area contributed by atoms with Crippen LogP contribution >= 0.6 is 23.2 Å². The molecule has 0 fully saturated rings. The van der Waals surface area contributed by atoms with E-state index >= 15 is 0 Å². The molecule has 0 amide bonds. The van der Waals surface area contributed by atoms with Crippen LogP contribution < -0.4 is 20.1 Å². The van der Waals surface area contributed by atoms with E-state index in [-0.39, 0.29) is 0 Å². The van der Waals surface area contributed by atoms with E-state index in [1.807, 2.05) is 49.4 Å². The van der Waals surface area contributed by atoms with Crippen molar-refractivity contribution < 1.29 is 18.5 Å². The number of fused-ring (bicyclic) bond motifs is 2. The van der Waals surface area contributed by atoms with Gasteiger partial charge < -0.3 is 29.2 Å². The van der Waals surface area contributed by atoms with Gasteiger partial charge in [-0.05, 0) is 85.3 Å². The lowest BCUT2D eigenvalue weighted by Gasteiger charge is -2.10. The zero-order valence-electron chi connectivity index (χ0n) is 25.5. The highest BCUT2D eigenvalue weighted by Crippen LogP contribution is 2.34. The molecule has 8 rings (SSSR count). The predicted octanol–water partition coefficient (Wildman–Crippen LogP) is 9.92. The van der Waals surface area contributed by atoms with Gasteiger partial charge in [0.05, 0.1) is 16.2 Å². The van der Waals surface area contributed by atoms with Gasteiger partial charge in [0.1, 0.15) is 17.2 Å². The Balaban J connectivity index is 0.000000154. The standard InChI is InChI=1S/C19H14ClN3O2.C16H10ClN5O2/c1-12-4-2-5-14(10-12)24-16-8-7-13(11-15(16)20)22-19-18-17(25-23-19)6-3-9-21-18;17-11-8-10(3-4-12(11)23-14-9-18-6-7-19-14)21-16-15-13(24-22-16)2-1-5-20-15/h2-11H,1H3,(H,22,23);1-9H,(H,21,22). The average molecular weight is 692 g/mol. The van der Waals surface area contributed by atoms with Gasteiger partial charge in [0, 0.05) is 36.2 Å². The molecule has 5 heterocycles. The van der Waals surface area contributed by atoms with Crippen molar-refractivity contribution in [3.63, 3.8) is 0 Å². The van der Waals surface area contributed by atoms with Crippen LogP contribution in [0.15, 0.2) is 125 Å². The lowest BCUT2D eigenvalue weighted by atomic mass is 10.2. The summed E-state index contributed by atoms with van der Waals surface area (Å²) < 4.78 is 21.9. The maximum atomic E-state index is 6.35. The highest BCUT2D eigenvalue weighted by Gasteiger charge is 2.12. The van der Waals surface area contributed by atoms with Crippen LogP contribution in [0.25, 0.3) is 22.2 Å². The number of hydrogen-bond donors (Lipinski definition) is 2. The van der Waals surface area contributed by atoms with Crippen LogP contribution in [0, 0.1) is 6.92 Å². The second-order valence-corrected chi connectivity index (χ2v) is 11.2. The van der Waals surface area contributed by atoms with Crippen LogP contribution in [-0.4, -0.2) is 30.2 Å². The highest BCUT2D eigenvalue weighted by atomic mass is 35.5. The fourth-order valence-electron chi connectivity index (χ4n) is 4.58. The summed E-state index contributed by atoms with van der Waals surface area (Å²) in [6.45, 7) is 2.01. The minimum atomic E-state index is 0.367. The quantitative estimate of drug-likeness (QED) is 0.156. The maximum Gasteiger partial charge on any atom is 0.237 e. The highest BCUT2D eigenvalue weighted by molar-refractivity contribution is 6.32. The number of benzene rings is 3. The van der Waals surface area contributed by atoms with Gasteiger partial charge in [0.15, 0.2) is 33.8 Å². The smallest absolute Gasteiger partial charge is 0.237 e. The first kappa shape index (κ1) is 31.4. The predicted molar refractivity (Wildman–Crippen MR) is 186 cm³/mol. The zero-order valence-corrected chi connectivity index (χ0v) is 27.1. The topological polar surface area (TPSA) is 146 Å². The largest absolute Gasteiger partial charge is 0.456 e. The number of rotatable bonds is 8. The van der Waals surface area contributed by atoms with Gasteiger partial charge in [-0.15, -0.1) is 0 Å². The molecule has 49 heavy (non-hydrogen) atoms. The van der Waals surface area contributed by atoms with Crippen LogP contribution in [0.4, 0.5) is 23.0 Å². The molecule has 3 aromatic carbocycles. The molecular weight excluding hydrogens is 667 g/mol. The summed E-state index contributed by atoms with van der Waals surface area (Å²) in [5.74, 6) is 3.23. The van der Waals surface area contributed by atoms with Crippen LogP contribution in [-0.2, 0) is 0 Å². The molecule has 0 saturated heterocycles. The first-order chi connectivity index (χ1) is 24.0. The van der Waals surface area contributed by atoms with E-state index in [1.165, 1.54) is 6.20 Å². The summed E-state index contributed by atoms with van der Waals surface area (Å²) in [7, 11) is 0. The minimum Gasteiger partial charge on any atom is -0.456 e. The van der Waals surface area contributed by atoms with Crippen molar-refractivity contribution in [3.05, 3.63) is 132 Å². The monoisotopic (exact) mass is 690 g/mol. The molecule has 12 nitrogen and oxygen atoms in total. The lowest BCUT2D eigenvalue weighted by molar-refractivity contribution is 0.459. The van der Waals surface area contributed by atoms with E-state index in [9.17, 15) is 0 Å². The minimum absolute atomic E-state index is 0.367. The Bertz CT molecular complexity index is 2370. The number of aromatic nitrogens is 6. The number of aryl methyl sites for hydroxylation is 1. The Morgan fingerprint density at radius 1 is 0.612 bits per heavy atom. The Labute approximate surface area is 288 Å². The first-order valence-corrected chi connectivity index (χ1v) is 15.5. The molecule has 8 aromatic rings. The second-order valence-electron chi connectivity index (χ2n) is 10.4. The molecular formula is C35H24Cl2N8O4. The first-order valence-electron chi connectivity index (χ1n) is 14.7. The summed E-state index contributed by atoms with van der Waals surface area (Å²) in [5.41, 5.74) is 5.16. The molecule has 0 aliphatic heterocycles. The van der Waals surface area contributed by atoms with Gasteiger partial charge in [-0.25, -0.2) is 15.0 Å². The van der Waals surface area contributed by atoms with Crippen molar-refractivity contribution in [2.75, 3.05) is 10.6 Å². The summed E-state index contributed by atoms with van der Waals surface area (Å²) >= 11 is 12.6. The molecule has 0 aliphatic rings. The van der Waals surface area contributed by atoms with Gasteiger partial charge in [0.2, 0.25) is 5.88 Å². The number of hydrogen-bond acceptors (Lipinski definition) is 12. The number of pyridine rings is 2. The molecule has 0 unspecified atom stereocenters. The van der Waals surface area contributed by atoms with Crippen LogP contribution in [0.1, 0.15) is 5.56 Å². The molecule has 0 aliphatic carbocycles. The molecule has 0 spiro atoms. The summed E-state index contributed by atoms with van der Waals surface area (Å²) in [6, 6.07) is 25.7. The third kappa shape index (κ3) is 7.51. The van der Waals surface area contributed by atoms with Crippen LogP contribution in [0.2, 0.25) is 10.0 Å². The molecule has 0 radical (unpaired) electrons. The van der Waals surface area contributed by atoms with E-state index < -0.39 is 0 Å². The maximum absolute atomic E-state index is 6.35. The fraction of sp³-hybridized carbons (Fsp3) is 0.0286. The Morgan fingerprint density at radius 3 is 1.78 bits per heavy atom. The van der Waals surface area contributed by atoms with Gasteiger partial charge in [0.25, 0.3) is 0 Å². The average Bonchev–Trinajstić information content (AvgIpc) is 3.72. The van der Waals surface area contributed by atoms with Crippen molar-refractivity contribution in [2.24, 2.45) is 0 Å². The molecule has 2 N–H and O–H groups in total. The van der Waals surface area contributed by atoms with Crippen LogP contribution in [0.3, 0.4) is 0 Å². The van der Waals surface area contributed by atoms with Crippen LogP contribution in [0.5, 0.6) is 23.1 Å². The van der Waals surface area contributed by atoms with Crippen molar-refractivity contribution in [1.29, 1.82) is 0 Å². The number of anilines is 4. The van der Waals surface area contributed by atoms with E-state index in [0.29, 0.717) is 61.3 Å². The molecule has 0 atom stereocenters.